The van der Waals surface area contributed by atoms with Gasteiger partial charge in [-0.05, 0) is 88.9 Å². The Morgan fingerprint density at radius 3 is 2.14 bits per heavy atom. The van der Waals surface area contributed by atoms with Crippen molar-refractivity contribution in [2.24, 2.45) is 5.10 Å². The van der Waals surface area contributed by atoms with E-state index in [1.165, 1.54) is 39.7 Å². The number of halogens is 1. The van der Waals surface area contributed by atoms with Crippen LogP contribution in [0.2, 0.25) is 0 Å². The average Bonchev–Trinajstić information content (AvgIpc) is 2.88. The van der Waals surface area contributed by atoms with Crippen LogP contribution in [0.25, 0.3) is 0 Å². The van der Waals surface area contributed by atoms with E-state index < -0.39 is 11.9 Å². The number of hydrogen-bond donors (Lipinski definition) is 1. The first kappa shape index (κ1) is 27.5. The van der Waals surface area contributed by atoms with Crippen LogP contribution < -0.4 is 29.1 Å². The Morgan fingerprint density at radius 1 is 0.919 bits per heavy atom. The molecule has 0 bridgehead atoms. The Hall–Kier alpha value is -4.05. The molecule has 0 saturated heterocycles. The molecule has 3 rings (SSSR count). The monoisotopic (exact) mass is 570 g/mol. The maximum atomic E-state index is 12.6. The minimum atomic E-state index is -0.594. The number of hydrazone groups is 1. The molecular formula is C27H27BrN2O7. The summed E-state index contributed by atoms with van der Waals surface area (Å²) in [5.74, 6) is 1.00. The molecule has 3 aromatic rings. The molecule has 0 saturated carbocycles. The first-order valence-electron chi connectivity index (χ1n) is 11.1. The molecule has 1 amide bonds. The highest BCUT2D eigenvalue weighted by Crippen LogP contribution is 2.38. The van der Waals surface area contributed by atoms with Gasteiger partial charge >= 0.3 is 5.97 Å². The molecule has 3 aromatic carbocycles. The summed E-state index contributed by atoms with van der Waals surface area (Å²) in [6.45, 7) is 3.71. The van der Waals surface area contributed by atoms with Gasteiger partial charge in [0.1, 0.15) is 11.5 Å². The van der Waals surface area contributed by atoms with Gasteiger partial charge in [0.05, 0.1) is 37.6 Å². The molecule has 0 aliphatic carbocycles. The minimum absolute atomic E-state index is 0.185. The van der Waals surface area contributed by atoms with Crippen LogP contribution in [-0.2, 0) is 4.79 Å². The van der Waals surface area contributed by atoms with Crippen molar-refractivity contribution in [1.82, 2.24) is 5.43 Å². The van der Waals surface area contributed by atoms with E-state index in [1.807, 2.05) is 26.0 Å². The standard InChI is InChI=1S/C27H27BrN2O7/c1-16-10-17(2)25(21(28)11-16)36-15-24(31)30-29-14-18-6-8-20(9-7-18)37-27(32)19-12-22(33-3)26(35-5)23(13-19)34-4/h6-14H,15H2,1-5H3,(H,30,31). The zero-order chi connectivity index (χ0) is 26.9. The first-order valence-corrected chi connectivity index (χ1v) is 11.9. The van der Waals surface area contributed by atoms with Crippen LogP contribution in [0, 0.1) is 13.8 Å². The van der Waals surface area contributed by atoms with Gasteiger partial charge in [-0.25, -0.2) is 10.2 Å². The highest BCUT2D eigenvalue weighted by Gasteiger charge is 2.18. The van der Waals surface area contributed by atoms with E-state index in [2.05, 4.69) is 26.5 Å². The number of aryl methyl sites for hydroxylation is 2. The fourth-order valence-corrected chi connectivity index (χ4v) is 4.21. The van der Waals surface area contributed by atoms with E-state index in [-0.39, 0.29) is 12.2 Å². The van der Waals surface area contributed by atoms with Crippen molar-refractivity contribution in [2.45, 2.75) is 13.8 Å². The predicted octanol–water partition coefficient (Wildman–Crippen LogP) is 4.84. The van der Waals surface area contributed by atoms with Gasteiger partial charge in [-0.2, -0.15) is 5.10 Å². The lowest BCUT2D eigenvalue weighted by molar-refractivity contribution is -0.123. The number of nitrogens with zero attached hydrogens (tertiary/aromatic N) is 1. The Labute approximate surface area is 223 Å². The number of rotatable bonds is 10. The van der Waals surface area contributed by atoms with Gasteiger partial charge in [-0.1, -0.05) is 6.07 Å². The fourth-order valence-electron chi connectivity index (χ4n) is 3.42. The summed E-state index contributed by atoms with van der Waals surface area (Å²) in [5.41, 5.74) is 5.36. The SMILES string of the molecule is COc1cc(C(=O)Oc2ccc(C=NNC(=O)COc3c(C)cc(C)cc3Br)cc2)cc(OC)c1OC. The van der Waals surface area contributed by atoms with Crippen molar-refractivity contribution < 1.29 is 33.3 Å². The lowest BCUT2D eigenvalue weighted by Crippen LogP contribution is -2.24. The molecule has 0 aromatic heterocycles. The molecule has 0 unspecified atom stereocenters. The minimum Gasteiger partial charge on any atom is -0.493 e. The number of nitrogens with one attached hydrogen (secondary N) is 1. The number of benzene rings is 3. The summed E-state index contributed by atoms with van der Waals surface area (Å²) in [5, 5.41) is 3.94. The Bertz CT molecular complexity index is 1260. The van der Waals surface area contributed by atoms with Gasteiger partial charge in [-0.15, -0.1) is 0 Å². The maximum Gasteiger partial charge on any atom is 0.343 e. The van der Waals surface area contributed by atoms with Crippen LogP contribution in [0.3, 0.4) is 0 Å². The summed E-state index contributed by atoms with van der Waals surface area (Å²) < 4.78 is 27.7. The summed E-state index contributed by atoms with van der Waals surface area (Å²) in [4.78, 5) is 24.7. The highest BCUT2D eigenvalue weighted by molar-refractivity contribution is 9.10. The summed E-state index contributed by atoms with van der Waals surface area (Å²) in [6, 6.07) is 13.5. The number of ether oxygens (including phenoxy) is 5. The summed E-state index contributed by atoms with van der Waals surface area (Å²) >= 11 is 3.45. The van der Waals surface area contributed by atoms with Crippen LogP contribution >= 0.6 is 15.9 Å². The molecule has 194 valence electrons. The fraction of sp³-hybridized carbons (Fsp3) is 0.222. The summed E-state index contributed by atoms with van der Waals surface area (Å²) in [7, 11) is 4.41. The van der Waals surface area contributed by atoms with Crippen LogP contribution in [0.4, 0.5) is 0 Å². The number of carbonyl (C=O) groups is 2. The third kappa shape index (κ3) is 7.23. The Morgan fingerprint density at radius 2 is 1.57 bits per heavy atom. The zero-order valence-electron chi connectivity index (χ0n) is 21.1. The van der Waals surface area contributed by atoms with E-state index in [1.54, 1.807) is 24.3 Å². The largest absolute Gasteiger partial charge is 0.493 e. The van der Waals surface area contributed by atoms with E-state index in [0.717, 1.165) is 15.6 Å². The third-order valence-electron chi connectivity index (χ3n) is 5.12. The van der Waals surface area contributed by atoms with Gasteiger partial charge in [0.15, 0.2) is 18.1 Å². The highest BCUT2D eigenvalue weighted by atomic mass is 79.9. The van der Waals surface area contributed by atoms with Crippen LogP contribution in [0.1, 0.15) is 27.0 Å². The van der Waals surface area contributed by atoms with E-state index >= 15 is 0 Å². The quantitative estimate of drug-likeness (QED) is 0.161. The summed E-state index contributed by atoms with van der Waals surface area (Å²) in [6.07, 6.45) is 1.47. The molecule has 37 heavy (non-hydrogen) atoms. The second-order valence-corrected chi connectivity index (χ2v) is 8.70. The molecule has 1 N–H and O–H groups in total. The van der Waals surface area contributed by atoms with Gasteiger partial charge in [0.25, 0.3) is 5.91 Å². The molecule has 0 radical (unpaired) electrons. The van der Waals surface area contributed by atoms with E-state index in [9.17, 15) is 9.59 Å². The predicted molar refractivity (Wildman–Crippen MR) is 142 cm³/mol. The number of methoxy groups -OCH3 is 3. The van der Waals surface area contributed by atoms with Crippen LogP contribution in [0.5, 0.6) is 28.7 Å². The maximum absolute atomic E-state index is 12.6. The molecule has 0 aliphatic rings. The molecule has 0 fully saturated rings. The number of carbonyl (C=O) groups excluding carboxylic acids is 2. The van der Waals surface area contributed by atoms with Gasteiger partial charge in [-0.3, -0.25) is 4.79 Å². The second kappa shape index (κ2) is 12.8. The van der Waals surface area contributed by atoms with Gasteiger partial charge < -0.3 is 23.7 Å². The smallest absolute Gasteiger partial charge is 0.343 e. The molecule has 0 aliphatic heterocycles. The number of esters is 1. The molecule has 0 spiro atoms. The van der Waals surface area contributed by atoms with Crippen molar-refractivity contribution in [3.8, 4) is 28.7 Å². The average molecular weight is 571 g/mol. The Balaban J connectivity index is 1.55. The first-order chi connectivity index (χ1) is 17.7. The second-order valence-electron chi connectivity index (χ2n) is 7.85. The molecule has 0 atom stereocenters. The molecule has 0 heterocycles. The van der Waals surface area contributed by atoms with Gasteiger partial charge in [0.2, 0.25) is 5.75 Å². The van der Waals surface area contributed by atoms with Gasteiger partial charge in [0, 0.05) is 0 Å². The Kier molecular flexibility index (Phi) is 9.51. The molecule has 10 heteroatoms. The third-order valence-corrected chi connectivity index (χ3v) is 5.70. The normalized spacial score (nSPS) is 10.6. The lowest BCUT2D eigenvalue weighted by Gasteiger charge is -2.13. The topological polar surface area (TPSA) is 105 Å². The van der Waals surface area contributed by atoms with Crippen molar-refractivity contribution in [3.05, 3.63) is 75.3 Å². The van der Waals surface area contributed by atoms with Crippen molar-refractivity contribution in [1.29, 1.82) is 0 Å². The van der Waals surface area contributed by atoms with Crippen LogP contribution in [-0.4, -0.2) is 46.0 Å². The zero-order valence-corrected chi connectivity index (χ0v) is 22.7. The van der Waals surface area contributed by atoms with E-state index in [4.69, 9.17) is 23.7 Å². The number of hydrogen-bond acceptors (Lipinski definition) is 8. The molecule has 9 nitrogen and oxygen atoms in total. The van der Waals surface area contributed by atoms with E-state index in [0.29, 0.717) is 34.3 Å². The number of amides is 1. The molecular weight excluding hydrogens is 544 g/mol. The lowest BCUT2D eigenvalue weighted by atomic mass is 10.1. The van der Waals surface area contributed by atoms with Crippen molar-refractivity contribution in [2.75, 3.05) is 27.9 Å². The van der Waals surface area contributed by atoms with Crippen LogP contribution in [0.15, 0.2) is 58.1 Å². The van der Waals surface area contributed by atoms with Crippen molar-refractivity contribution in [3.63, 3.8) is 0 Å². The van der Waals surface area contributed by atoms with Crippen molar-refractivity contribution >= 4 is 34.0 Å².